The number of hydrogen-bond donors (Lipinski definition) is 2. The Balaban J connectivity index is 1.53. The number of aromatic nitrogens is 1. The molecule has 29 heavy (non-hydrogen) atoms. The molecule has 1 saturated carbocycles. The lowest BCUT2D eigenvalue weighted by Gasteiger charge is -2.07. The summed E-state index contributed by atoms with van der Waals surface area (Å²) in [6.07, 6.45) is 1.69. The van der Waals surface area contributed by atoms with Gasteiger partial charge in [-0.25, -0.2) is 18.1 Å². The van der Waals surface area contributed by atoms with Crippen molar-refractivity contribution in [2.75, 3.05) is 5.32 Å². The summed E-state index contributed by atoms with van der Waals surface area (Å²) in [5, 5.41) is 3.85. The predicted molar refractivity (Wildman–Crippen MR) is 115 cm³/mol. The van der Waals surface area contributed by atoms with Gasteiger partial charge in [-0.1, -0.05) is 29.8 Å². The highest BCUT2D eigenvalue weighted by atomic mass is 35.5. The summed E-state index contributed by atoms with van der Waals surface area (Å²) < 4.78 is 27.4. The molecule has 0 unspecified atom stereocenters. The lowest BCUT2D eigenvalue weighted by Crippen LogP contribution is -2.26. The predicted octanol–water partition coefficient (Wildman–Crippen LogP) is 4.46. The number of thiazole rings is 1. The van der Waals surface area contributed by atoms with Crippen molar-refractivity contribution in [3.63, 3.8) is 0 Å². The van der Waals surface area contributed by atoms with Crippen molar-refractivity contribution in [2.45, 2.75) is 30.7 Å². The average Bonchev–Trinajstić information content (AvgIpc) is 3.42. The van der Waals surface area contributed by atoms with E-state index in [4.69, 9.17) is 11.6 Å². The van der Waals surface area contributed by atoms with Gasteiger partial charge in [0, 0.05) is 27.1 Å². The number of carbonyl (C=O) groups excluding carboxylic acids is 1. The van der Waals surface area contributed by atoms with Crippen LogP contribution in [0.2, 0.25) is 5.02 Å². The van der Waals surface area contributed by atoms with E-state index in [1.165, 1.54) is 23.5 Å². The van der Waals surface area contributed by atoms with Crippen LogP contribution in [0.4, 0.5) is 5.13 Å². The van der Waals surface area contributed by atoms with Crippen LogP contribution in [0.25, 0.3) is 11.3 Å². The Bertz CT molecular complexity index is 1170. The summed E-state index contributed by atoms with van der Waals surface area (Å²) in [5.41, 5.74) is 1.93. The monoisotopic (exact) mass is 447 g/mol. The van der Waals surface area contributed by atoms with Gasteiger partial charge in [0.05, 0.1) is 10.6 Å². The largest absolute Gasteiger partial charge is 0.298 e. The van der Waals surface area contributed by atoms with Gasteiger partial charge in [-0.2, -0.15) is 0 Å². The lowest BCUT2D eigenvalue weighted by molar-refractivity contribution is 0.102. The lowest BCUT2D eigenvalue weighted by atomic mass is 10.1. The number of hydrogen-bond acceptors (Lipinski definition) is 5. The molecule has 1 heterocycles. The number of rotatable bonds is 6. The molecule has 1 fully saturated rings. The molecule has 0 spiro atoms. The average molecular weight is 448 g/mol. The first-order valence-electron chi connectivity index (χ1n) is 8.99. The van der Waals surface area contributed by atoms with Crippen LogP contribution in [-0.2, 0) is 10.0 Å². The Morgan fingerprint density at radius 1 is 1.17 bits per heavy atom. The summed E-state index contributed by atoms with van der Waals surface area (Å²) >= 11 is 7.29. The van der Waals surface area contributed by atoms with E-state index in [0.717, 1.165) is 29.0 Å². The minimum Gasteiger partial charge on any atom is -0.298 e. The number of sulfonamides is 1. The molecule has 150 valence electrons. The second-order valence-corrected chi connectivity index (χ2v) is 10.2. The molecule has 2 aromatic carbocycles. The highest BCUT2D eigenvalue weighted by Gasteiger charge is 2.28. The van der Waals surface area contributed by atoms with E-state index in [1.54, 1.807) is 24.3 Å². The summed E-state index contributed by atoms with van der Waals surface area (Å²) in [6.45, 7) is 1.92. The Hall–Kier alpha value is -2.26. The number of nitrogens with zero attached hydrogens (tertiary/aromatic N) is 1. The Kier molecular flexibility index (Phi) is 5.44. The SMILES string of the molecule is Cc1sc(NC(=O)c2cccc(S(=O)(=O)NC3CC3)c2)nc1-c1ccc(Cl)cc1. The minimum atomic E-state index is -3.62. The van der Waals surface area contributed by atoms with Gasteiger partial charge in [-0.05, 0) is 50.1 Å². The maximum Gasteiger partial charge on any atom is 0.257 e. The van der Waals surface area contributed by atoms with Gasteiger partial charge in [0.15, 0.2) is 5.13 Å². The summed E-state index contributed by atoms with van der Waals surface area (Å²) in [6, 6.07) is 13.3. The van der Waals surface area contributed by atoms with E-state index in [-0.39, 0.29) is 16.5 Å². The molecule has 0 aliphatic heterocycles. The van der Waals surface area contributed by atoms with Crippen molar-refractivity contribution >= 4 is 44.0 Å². The van der Waals surface area contributed by atoms with Crippen molar-refractivity contribution in [3.8, 4) is 11.3 Å². The van der Waals surface area contributed by atoms with Gasteiger partial charge in [0.1, 0.15) is 0 Å². The molecule has 0 saturated heterocycles. The second kappa shape index (κ2) is 7.87. The van der Waals surface area contributed by atoms with Crippen LogP contribution < -0.4 is 10.0 Å². The molecule has 0 atom stereocenters. The minimum absolute atomic E-state index is 0.00191. The van der Waals surface area contributed by atoms with Gasteiger partial charge in [-0.3, -0.25) is 10.1 Å². The molecular formula is C20H18ClN3O3S2. The molecule has 4 rings (SSSR count). The number of aryl methyl sites for hydroxylation is 1. The number of nitrogens with one attached hydrogen (secondary N) is 2. The van der Waals surface area contributed by atoms with Crippen molar-refractivity contribution in [3.05, 3.63) is 64.0 Å². The molecule has 1 aromatic heterocycles. The van der Waals surface area contributed by atoms with E-state index < -0.39 is 15.9 Å². The van der Waals surface area contributed by atoms with Crippen molar-refractivity contribution in [1.29, 1.82) is 0 Å². The zero-order valence-electron chi connectivity index (χ0n) is 15.5. The van der Waals surface area contributed by atoms with E-state index >= 15 is 0 Å². The van der Waals surface area contributed by atoms with Crippen LogP contribution in [0.1, 0.15) is 28.1 Å². The maximum absolute atomic E-state index is 12.7. The normalized spacial score (nSPS) is 14.0. The molecule has 6 nitrogen and oxygen atoms in total. The number of benzene rings is 2. The van der Waals surface area contributed by atoms with E-state index in [0.29, 0.717) is 10.2 Å². The number of halogens is 1. The van der Waals surface area contributed by atoms with E-state index in [2.05, 4.69) is 15.0 Å². The summed E-state index contributed by atoms with van der Waals surface area (Å²) in [4.78, 5) is 18.2. The van der Waals surface area contributed by atoms with Gasteiger partial charge in [0.2, 0.25) is 10.0 Å². The van der Waals surface area contributed by atoms with Crippen molar-refractivity contribution in [2.24, 2.45) is 0 Å². The Morgan fingerprint density at radius 3 is 2.59 bits per heavy atom. The first-order chi connectivity index (χ1) is 13.8. The fourth-order valence-electron chi connectivity index (χ4n) is 2.79. The van der Waals surface area contributed by atoms with Gasteiger partial charge in [0.25, 0.3) is 5.91 Å². The standard InChI is InChI=1S/C20H18ClN3O3S2/c1-12-18(13-5-7-15(21)8-6-13)22-20(28-12)23-19(25)14-3-2-4-17(11-14)29(26,27)24-16-9-10-16/h2-8,11,16,24H,9-10H2,1H3,(H,22,23,25). The zero-order chi connectivity index (χ0) is 20.6. The number of anilines is 1. The molecule has 1 aliphatic rings. The second-order valence-electron chi connectivity index (χ2n) is 6.81. The fourth-order valence-corrected chi connectivity index (χ4v) is 5.10. The van der Waals surface area contributed by atoms with Crippen LogP contribution in [-0.4, -0.2) is 25.4 Å². The van der Waals surface area contributed by atoms with Crippen LogP contribution in [0.5, 0.6) is 0 Å². The summed E-state index contributed by atoms with van der Waals surface area (Å²) in [7, 11) is -3.62. The third-order valence-electron chi connectivity index (χ3n) is 4.44. The molecule has 0 bridgehead atoms. The van der Waals surface area contributed by atoms with Crippen LogP contribution in [0.3, 0.4) is 0 Å². The van der Waals surface area contributed by atoms with Crippen LogP contribution in [0.15, 0.2) is 53.4 Å². The smallest absolute Gasteiger partial charge is 0.257 e. The molecule has 3 aromatic rings. The highest BCUT2D eigenvalue weighted by Crippen LogP contribution is 2.31. The maximum atomic E-state index is 12.7. The molecule has 1 amide bonds. The molecule has 2 N–H and O–H groups in total. The van der Waals surface area contributed by atoms with Gasteiger partial charge in [-0.15, -0.1) is 11.3 Å². The molecular weight excluding hydrogens is 430 g/mol. The quantitative estimate of drug-likeness (QED) is 0.583. The number of carbonyl (C=O) groups is 1. The van der Waals surface area contributed by atoms with Crippen molar-refractivity contribution < 1.29 is 13.2 Å². The van der Waals surface area contributed by atoms with Crippen LogP contribution >= 0.6 is 22.9 Å². The van der Waals surface area contributed by atoms with Gasteiger partial charge < -0.3 is 0 Å². The first-order valence-corrected chi connectivity index (χ1v) is 11.7. The third kappa shape index (κ3) is 4.67. The molecule has 1 aliphatic carbocycles. The number of amides is 1. The van der Waals surface area contributed by atoms with E-state index in [1.807, 2.05) is 19.1 Å². The Labute approximate surface area is 178 Å². The third-order valence-corrected chi connectivity index (χ3v) is 7.10. The fraction of sp³-hybridized carbons (Fsp3) is 0.200. The van der Waals surface area contributed by atoms with Gasteiger partial charge >= 0.3 is 0 Å². The highest BCUT2D eigenvalue weighted by molar-refractivity contribution is 7.89. The topological polar surface area (TPSA) is 88.2 Å². The summed E-state index contributed by atoms with van der Waals surface area (Å²) in [5.74, 6) is -0.412. The van der Waals surface area contributed by atoms with E-state index in [9.17, 15) is 13.2 Å². The van der Waals surface area contributed by atoms with Crippen molar-refractivity contribution in [1.82, 2.24) is 9.71 Å². The zero-order valence-corrected chi connectivity index (χ0v) is 17.9. The molecule has 9 heteroatoms. The van der Waals surface area contributed by atoms with Crippen LogP contribution in [0, 0.1) is 6.92 Å². The first kappa shape index (κ1) is 20.0. The Morgan fingerprint density at radius 2 is 1.90 bits per heavy atom. The molecule has 0 radical (unpaired) electrons.